The summed E-state index contributed by atoms with van der Waals surface area (Å²) in [6.07, 6.45) is 5.65. The fourth-order valence-corrected chi connectivity index (χ4v) is 2.76. The topological polar surface area (TPSA) is 46.9 Å². The van der Waals surface area contributed by atoms with E-state index in [0.717, 1.165) is 35.3 Å². The van der Waals surface area contributed by atoms with Gasteiger partial charge in [0.2, 0.25) is 0 Å². The summed E-state index contributed by atoms with van der Waals surface area (Å²) in [6.45, 7) is 3.03. The average molecular weight is 269 g/mol. The number of carbonyl (C=O) groups is 1. The van der Waals surface area contributed by atoms with Crippen LogP contribution in [0.1, 0.15) is 34.6 Å². The number of hydrogen-bond donors (Lipinski definition) is 1. The van der Waals surface area contributed by atoms with Crippen molar-refractivity contribution in [3.05, 3.63) is 41.3 Å². The van der Waals surface area contributed by atoms with E-state index < -0.39 is 0 Å². The first-order valence-corrected chi connectivity index (χ1v) is 7.08. The summed E-state index contributed by atoms with van der Waals surface area (Å²) in [7, 11) is 1.65. The van der Waals surface area contributed by atoms with E-state index in [1.807, 2.05) is 25.1 Å². The van der Waals surface area contributed by atoms with E-state index in [1.54, 1.807) is 7.05 Å². The number of hydrogen-bond acceptors (Lipinski definition) is 2. The van der Waals surface area contributed by atoms with E-state index in [4.69, 9.17) is 4.98 Å². The second-order valence-electron chi connectivity index (χ2n) is 5.30. The maximum atomic E-state index is 11.7. The molecule has 4 nitrogen and oxygen atoms in total. The maximum absolute atomic E-state index is 11.7. The van der Waals surface area contributed by atoms with Crippen LogP contribution >= 0.6 is 0 Å². The Morgan fingerprint density at radius 3 is 2.90 bits per heavy atom. The van der Waals surface area contributed by atoms with Crippen LogP contribution in [0, 0.1) is 6.92 Å². The molecule has 20 heavy (non-hydrogen) atoms. The molecule has 0 spiro atoms. The normalized spacial score (nSPS) is 13.9. The lowest BCUT2D eigenvalue weighted by Gasteiger charge is -2.11. The average Bonchev–Trinajstić information content (AvgIpc) is 2.90. The molecular weight excluding hydrogens is 250 g/mol. The third-order valence-corrected chi connectivity index (χ3v) is 3.90. The van der Waals surface area contributed by atoms with Crippen molar-refractivity contribution in [1.29, 1.82) is 0 Å². The van der Waals surface area contributed by atoms with Gasteiger partial charge in [-0.05, 0) is 37.5 Å². The van der Waals surface area contributed by atoms with Gasteiger partial charge in [0.05, 0.1) is 5.69 Å². The highest BCUT2D eigenvalue weighted by Crippen LogP contribution is 2.24. The lowest BCUT2D eigenvalue weighted by atomic mass is 10.0. The highest BCUT2D eigenvalue weighted by molar-refractivity contribution is 5.95. The zero-order chi connectivity index (χ0) is 14.1. The number of nitrogens with one attached hydrogen (secondary N) is 1. The number of aryl methyl sites for hydroxylation is 3. The van der Waals surface area contributed by atoms with E-state index in [2.05, 4.69) is 16.1 Å². The molecule has 0 aliphatic carbocycles. The van der Waals surface area contributed by atoms with Crippen molar-refractivity contribution in [2.75, 3.05) is 7.05 Å². The summed E-state index contributed by atoms with van der Waals surface area (Å²) in [5.74, 6) is 1.14. The first-order valence-electron chi connectivity index (χ1n) is 7.08. The maximum Gasteiger partial charge on any atom is 0.251 e. The summed E-state index contributed by atoms with van der Waals surface area (Å²) in [6, 6.07) is 5.90. The Morgan fingerprint density at radius 1 is 1.35 bits per heavy atom. The lowest BCUT2D eigenvalue weighted by molar-refractivity contribution is 0.0962. The van der Waals surface area contributed by atoms with Gasteiger partial charge in [0, 0.05) is 37.3 Å². The van der Waals surface area contributed by atoms with Crippen LogP contribution in [-0.4, -0.2) is 22.5 Å². The second kappa shape index (κ2) is 5.12. The van der Waals surface area contributed by atoms with Gasteiger partial charge in [0.1, 0.15) is 5.82 Å². The summed E-state index contributed by atoms with van der Waals surface area (Å²) in [5.41, 5.74) is 3.79. The molecule has 1 aromatic heterocycles. The van der Waals surface area contributed by atoms with Gasteiger partial charge in [0.15, 0.2) is 0 Å². The summed E-state index contributed by atoms with van der Waals surface area (Å²) < 4.78 is 2.25. The monoisotopic (exact) mass is 269 g/mol. The van der Waals surface area contributed by atoms with Crippen molar-refractivity contribution in [2.24, 2.45) is 0 Å². The molecule has 1 amide bonds. The molecule has 4 heteroatoms. The molecule has 0 fully saturated rings. The van der Waals surface area contributed by atoms with Crippen molar-refractivity contribution in [3.8, 4) is 11.3 Å². The first kappa shape index (κ1) is 12.9. The van der Waals surface area contributed by atoms with Crippen LogP contribution in [0.2, 0.25) is 0 Å². The molecule has 1 aliphatic rings. The Balaban J connectivity index is 1.96. The van der Waals surface area contributed by atoms with Gasteiger partial charge in [-0.1, -0.05) is 6.07 Å². The van der Waals surface area contributed by atoms with Crippen molar-refractivity contribution < 1.29 is 4.79 Å². The van der Waals surface area contributed by atoms with Gasteiger partial charge >= 0.3 is 0 Å². The number of imidazole rings is 1. The van der Waals surface area contributed by atoms with Gasteiger partial charge < -0.3 is 9.88 Å². The van der Waals surface area contributed by atoms with Crippen LogP contribution in [0.25, 0.3) is 11.3 Å². The smallest absolute Gasteiger partial charge is 0.251 e. The molecule has 2 aromatic rings. The van der Waals surface area contributed by atoms with Crippen LogP contribution in [0.3, 0.4) is 0 Å². The molecule has 0 bridgehead atoms. The summed E-state index contributed by atoms with van der Waals surface area (Å²) in [4.78, 5) is 16.4. The number of fused-ring (bicyclic) bond motifs is 1. The highest BCUT2D eigenvalue weighted by Gasteiger charge is 2.14. The molecule has 0 saturated carbocycles. The largest absolute Gasteiger partial charge is 0.355 e. The fraction of sp³-hybridized carbons (Fsp3) is 0.375. The number of amides is 1. The predicted octanol–water partition coefficient (Wildman–Crippen LogP) is 2.55. The molecule has 0 radical (unpaired) electrons. The Morgan fingerprint density at radius 2 is 2.20 bits per heavy atom. The molecule has 2 heterocycles. The molecule has 0 unspecified atom stereocenters. The zero-order valence-corrected chi connectivity index (χ0v) is 11.9. The number of aromatic nitrogens is 2. The Labute approximate surface area is 118 Å². The Hall–Kier alpha value is -2.10. The minimum Gasteiger partial charge on any atom is -0.355 e. The molecule has 1 aromatic carbocycles. The predicted molar refractivity (Wildman–Crippen MR) is 78.7 cm³/mol. The first-order chi connectivity index (χ1) is 9.69. The third kappa shape index (κ3) is 2.22. The minimum atomic E-state index is -0.0433. The quantitative estimate of drug-likeness (QED) is 0.910. The molecule has 104 valence electrons. The standard InChI is InChI=1S/C16H19N3O/c1-11-9-12(6-7-13(11)16(20)17-2)14-10-19-8-4-3-5-15(19)18-14/h6-7,9-10H,3-5,8H2,1-2H3,(H,17,20). The van der Waals surface area contributed by atoms with Crippen LogP contribution in [-0.2, 0) is 13.0 Å². The molecule has 0 saturated heterocycles. The zero-order valence-electron chi connectivity index (χ0n) is 11.9. The van der Waals surface area contributed by atoms with Gasteiger partial charge in [-0.25, -0.2) is 4.98 Å². The van der Waals surface area contributed by atoms with Gasteiger partial charge in [0.25, 0.3) is 5.91 Å². The highest BCUT2D eigenvalue weighted by atomic mass is 16.1. The molecule has 1 aliphatic heterocycles. The SMILES string of the molecule is CNC(=O)c1ccc(-c2cn3c(n2)CCCC3)cc1C. The molecule has 3 rings (SSSR count). The minimum absolute atomic E-state index is 0.0433. The van der Waals surface area contributed by atoms with Crippen LogP contribution in [0.5, 0.6) is 0 Å². The van der Waals surface area contributed by atoms with E-state index >= 15 is 0 Å². The van der Waals surface area contributed by atoms with Crippen molar-refractivity contribution in [3.63, 3.8) is 0 Å². The number of rotatable bonds is 2. The van der Waals surface area contributed by atoms with Crippen molar-refractivity contribution >= 4 is 5.91 Å². The van der Waals surface area contributed by atoms with Crippen molar-refractivity contribution in [2.45, 2.75) is 32.7 Å². The van der Waals surface area contributed by atoms with Gasteiger partial charge in [-0.3, -0.25) is 4.79 Å². The number of carbonyl (C=O) groups excluding carboxylic acids is 1. The van der Waals surface area contributed by atoms with Crippen LogP contribution in [0.15, 0.2) is 24.4 Å². The van der Waals surface area contributed by atoms with Gasteiger partial charge in [-0.2, -0.15) is 0 Å². The molecule has 1 N–H and O–H groups in total. The van der Waals surface area contributed by atoms with Crippen LogP contribution < -0.4 is 5.32 Å². The van der Waals surface area contributed by atoms with Crippen molar-refractivity contribution in [1.82, 2.24) is 14.9 Å². The summed E-state index contributed by atoms with van der Waals surface area (Å²) in [5, 5.41) is 2.66. The lowest BCUT2D eigenvalue weighted by Crippen LogP contribution is -2.18. The summed E-state index contributed by atoms with van der Waals surface area (Å²) >= 11 is 0. The number of nitrogens with zero attached hydrogens (tertiary/aromatic N) is 2. The van der Waals surface area contributed by atoms with E-state index in [-0.39, 0.29) is 5.91 Å². The molecule has 0 atom stereocenters. The van der Waals surface area contributed by atoms with E-state index in [0.29, 0.717) is 0 Å². The second-order valence-corrected chi connectivity index (χ2v) is 5.30. The Kier molecular flexibility index (Phi) is 3.30. The molecular formula is C16H19N3O. The van der Waals surface area contributed by atoms with Crippen LogP contribution in [0.4, 0.5) is 0 Å². The number of benzene rings is 1. The van der Waals surface area contributed by atoms with E-state index in [9.17, 15) is 4.79 Å². The van der Waals surface area contributed by atoms with Gasteiger partial charge in [-0.15, -0.1) is 0 Å². The fourth-order valence-electron chi connectivity index (χ4n) is 2.76. The third-order valence-electron chi connectivity index (χ3n) is 3.90. The Bertz CT molecular complexity index is 634. The van der Waals surface area contributed by atoms with E-state index in [1.165, 1.54) is 18.7 Å².